The summed E-state index contributed by atoms with van der Waals surface area (Å²) < 4.78 is 5.64. The molecule has 0 aliphatic carbocycles. The topological polar surface area (TPSA) is 33.3 Å². The molecule has 1 fully saturated rings. The first-order valence-electron chi connectivity index (χ1n) is 6.39. The molecule has 1 aliphatic rings. The number of morpholine rings is 1. The van der Waals surface area contributed by atoms with E-state index in [1.54, 1.807) is 0 Å². The van der Waals surface area contributed by atoms with Gasteiger partial charge in [0.1, 0.15) is 0 Å². The summed E-state index contributed by atoms with van der Waals surface area (Å²) in [6.45, 7) is 9.69. The molecule has 1 heterocycles. The number of ether oxygens (including phenoxy) is 1. The third-order valence-electron chi connectivity index (χ3n) is 3.24. The van der Waals surface area contributed by atoms with E-state index in [1.807, 2.05) is 0 Å². The molecule has 0 bridgehead atoms. The van der Waals surface area contributed by atoms with Crippen LogP contribution in [0.25, 0.3) is 0 Å². The van der Waals surface area contributed by atoms with Crippen LogP contribution in [0.15, 0.2) is 0 Å². The van der Waals surface area contributed by atoms with Crippen LogP contribution in [-0.2, 0) is 4.74 Å². The highest BCUT2D eigenvalue weighted by molar-refractivity contribution is 4.68. The summed E-state index contributed by atoms with van der Waals surface area (Å²) >= 11 is 0. The van der Waals surface area contributed by atoms with Gasteiger partial charge < -0.3 is 15.4 Å². The van der Waals surface area contributed by atoms with Gasteiger partial charge in [-0.1, -0.05) is 26.7 Å². The highest BCUT2D eigenvalue weighted by Crippen LogP contribution is 2.05. The first kappa shape index (κ1) is 12.9. The molecular weight excluding hydrogens is 188 g/mol. The third kappa shape index (κ3) is 5.50. The van der Waals surface area contributed by atoms with Crippen molar-refractivity contribution in [1.82, 2.24) is 10.6 Å². The Morgan fingerprint density at radius 2 is 2.20 bits per heavy atom. The fraction of sp³-hybridized carbons (Fsp3) is 1.00. The van der Waals surface area contributed by atoms with Gasteiger partial charge in [-0.15, -0.1) is 0 Å². The maximum Gasteiger partial charge on any atom is 0.0712 e. The van der Waals surface area contributed by atoms with Crippen LogP contribution in [-0.4, -0.2) is 38.9 Å². The zero-order valence-corrected chi connectivity index (χ0v) is 10.2. The van der Waals surface area contributed by atoms with Gasteiger partial charge in [0, 0.05) is 13.1 Å². The molecule has 0 saturated carbocycles. The minimum Gasteiger partial charge on any atom is -0.376 e. The molecule has 1 atom stereocenters. The Balaban J connectivity index is 1.95. The quantitative estimate of drug-likeness (QED) is 0.628. The van der Waals surface area contributed by atoms with E-state index in [4.69, 9.17) is 4.74 Å². The molecule has 1 unspecified atom stereocenters. The molecule has 90 valence electrons. The van der Waals surface area contributed by atoms with Gasteiger partial charge >= 0.3 is 0 Å². The van der Waals surface area contributed by atoms with Gasteiger partial charge in [0.2, 0.25) is 0 Å². The lowest BCUT2D eigenvalue weighted by Gasteiger charge is -2.24. The summed E-state index contributed by atoms with van der Waals surface area (Å²) in [5, 5.41) is 6.88. The van der Waals surface area contributed by atoms with Crippen molar-refractivity contribution in [2.24, 2.45) is 5.92 Å². The van der Waals surface area contributed by atoms with E-state index < -0.39 is 0 Å². The maximum absolute atomic E-state index is 5.64. The lowest BCUT2D eigenvalue weighted by molar-refractivity contribution is 0.0237. The number of hydrogen-bond donors (Lipinski definition) is 2. The van der Waals surface area contributed by atoms with Gasteiger partial charge in [0.15, 0.2) is 0 Å². The standard InChI is InChI=1S/C12H26N2O/c1-3-11(4-2)9-13-6-5-12-10-14-7-8-15-12/h11-14H,3-10H2,1-2H3. The smallest absolute Gasteiger partial charge is 0.0712 e. The average Bonchev–Trinajstić information content (AvgIpc) is 2.31. The summed E-state index contributed by atoms with van der Waals surface area (Å²) in [6.07, 6.45) is 4.12. The van der Waals surface area contributed by atoms with Crippen molar-refractivity contribution in [1.29, 1.82) is 0 Å². The van der Waals surface area contributed by atoms with E-state index in [1.165, 1.54) is 12.8 Å². The molecule has 1 rings (SSSR count). The second-order valence-corrected chi connectivity index (χ2v) is 4.37. The summed E-state index contributed by atoms with van der Waals surface area (Å²) in [5.74, 6) is 0.843. The van der Waals surface area contributed by atoms with Gasteiger partial charge in [-0.05, 0) is 25.4 Å². The van der Waals surface area contributed by atoms with Gasteiger partial charge in [0.25, 0.3) is 0 Å². The minimum absolute atomic E-state index is 0.424. The second-order valence-electron chi connectivity index (χ2n) is 4.37. The van der Waals surface area contributed by atoms with Gasteiger partial charge in [0.05, 0.1) is 12.7 Å². The zero-order valence-electron chi connectivity index (χ0n) is 10.2. The van der Waals surface area contributed by atoms with Crippen LogP contribution in [0.4, 0.5) is 0 Å². The molecule has 0 aromatic heterocycles. The summed E-state index contributed by atoms with van der Waals surface area (Å²) in [6, 6.07) is 0. The predicted octanol–water partition coefficient (Wildman–Crippen LogP) is 1.39. The van der Waals surface area contributed by atoms with E-state index in [-0.39, 0.29) is 0 Å². The van der Waals surface area contributed by atoms with Crippen molar-refractivity contribution in [2.45, 2.75) is 39.2 Å². The third-order valence-corrected chi connectivity index (χ3v) is 3.24. The van der Waals surface area contributed by atoms with E-state index >= 15 is 0 Å². The molecule has 2 N–H and O–H groups in total. The lowest BCUT2D eigenvalue weighted by Crippen LogP contribution is -2.40. The fourth-order valence-corrected chi connectivity index (χ4v) is 1.95. The Morgan fingerprint density at radius 3 is 2.80 bits per heavy atom. The normalized spacial score (nSPS) is 22.2. The number of nitrogens with one attached hydrogen (secondary N) is 2. The highest BCUT2D eigenvalue weighted by atomic mass is 16.5. The van der Waals surface area contributed by atoms with Crippen molar-refractivity contribution in [3.63, 3.8) is 0 Å². The van der Waals surface area contributed by atoms with Crippen LogP contribution in [0, 0.1) is 5.92 Å². The Morgan fingerprint density at radius 1 is 1.40 bits per heavy atom. The molecule has 3 heteroatoms. The van der Waals surface area contributed by atoms with Gasteiger partial charge in [-0.25, -0.2) is 0 Å². The Bertz CT molecular complexity index is 143. The van der Waals surface area contributed by atoms with Crippen LogP contribution in [0.1, 0.15) is 33.1 Å². The molecule has 0 aromatic carbocycles. The SMILES string of the molecule is CCC(CC)CNCCC1CNCCO1. The highest BCUT2D eigenvalue weighted by Gasteiger charge is 2.12. The summed E-state index contributed by atoms with van der Waals surface area (Å²) in [4.78, 5) is 0. The molecule has 1 saturated heterocycles. The van der Waals surface area contributed by atoms with Crippen LogP contribution < -0.4 is 10.6 Å². The minimum atomic E-state index is 0.424. The van der Waals surface area contributed by atoms with Crippen molar-refractivity contribution < 1.29 is 4.74 Å². The first-order valence-corrected chi connectivity index (χ1v) is 6.39. The molecule has 3 nitrogen and oxygen atoms in total. The number of rotatable bonds is 7. The molecule has 0 radical (unpaired) electrons. The van der Waals surface area contributed by atoms with Gasteiger partial charge in [-0.2, -0.15) is 0 Å². The van der Waals surface area contributed by atoms with E-state index in [0.29, 0.717) is 6.10 Å². The van der Waals surface area contributed by atoms with Crippen LogP contribution in [0.3, 0.4) is 0 Å². The van der Waals surface area contributed by atoms with Crippen LogP contribution in [0.2, 0.25) is 0 Å². The molecule has 15 heavy (non-hydrogen) atoms. The lowest BCUT2D eigenvalue weighted by atomic mass is 10.0. The molecule has 0 amide bonds. The van der Waals surface area contributed by atoms with Crippen molar-refractivity contribution in [3.05, 3.63) is 0 Å². The molecule has 0 spiro atoms. The number of hydrogen-bond acceptors (Lipinski definition) is 3. The average molecular weight is 214 g/mol. The van der Waals surface area contributed by atoms with Crippen molar-refractivity contribution in [3.8, 4) is 0 Å². The van der Waals surface area contributed by atoms with Crippen molar-refractivity contribution >= 4 is 0 Å². The van der Waals surface area contributed by atoms with E-state index in [0.717, 1.165) is 45.1 Å². The Kier molecular flexibility index (Phi) is 6.98. The first-order chi connectivity index (χ1) is 7.36. The molecule has 0 aromatic rings. The zero-order chi connectivity index (χ0) is 10.9. The van der Waals surface area contributed by atoms with Crippen LogP contribution in [0.5, 0.6) is 0 Å². The van der Waals surface area contributed by atoms with Crippen molar-refractivity contribution in [2.75, 3.05) is 32.8 Å². The summed E-state index contributed by atoms with van der Waals surface area (Å²) in [7, 11) is 0. The van der Waals surface area contributed by atoms with Gasteiger partial charge in [-0.3, -0.25) is 0 Å². The summed E-state index contributed by atoms with van der Waals surface area (Å²) in [5.41, 5.74) is 0. The fourth-order valence-electron chi connectivity index (χ4n) is 1.95. The van der Waals surface area contributed by atoms with E-state index in [9.17, 15) is 0 Å². The maximum atomic E-state index is 5.64. The van der Waals surface area contributed by atoms with E-state index in [2.05, 4.69) is 24.5 Å². The Labute approximate surface area is 94.0 Å². The second kappa shape index (κ2) is 8.08. The Hall–Kier alpha value is -0.120. The van der Waals surface area contributed by atoms with Crippen LogP contribution >= 0.6 is 0 Å². The predicted molar refractivity (Wildman–Crippen MR) is 64.2 cm³/mol. The molecular formula is C12H26N2O. The largest absolute Gasteiger partial charge is 0.376 e. The monoisotopic (exact) mass is 214 g/mol. The molecule has 1 aliphatic heterocycles.